The van der Waals surface area contributed by atoms with Crippen LogP contribution < -0.4 is 0 Å². The molecule has 1 aromatic carbocycles. The predicted octanol–water partition coefficient (Wildman–Crippen LogP) is 2.41. The van der Waals surface area contributed by atoms with E-state index in [4.69, 9.17) is 4.74 Å². The molecule has 0 saturated carbocycles. The Morgan fingerprint density at radius 2 is 2.26 bits per heavy atom. The van der Waals surface area contributed by atoms with Crippen molar-refractivity contribution in [3.8, 4) is 0 Å². The van der Waals surface area contributed by atoms with E-state index in [1.807, 2.05) is 17.7 Å². The molecule has 1 fully saturated rings. The maximum absolute atomic E-state index is 13.7. The lowest BCUT2D eigenvalue weighted by molar-refractivity contribution is -0.0530. The molecule has 0 amide bonds. The van der Waals surface area contributed by atoms with Gasteiger partial charge in [0.25, 0.3) is 0 Å². The van der Waals surface area contributed by atoms with Crippen LogP contribution in [0.2, 0.25) is 0 Å². The number of aryl methyl sites for hydroxylation is 2. The first kappa shape index (κ1) is 14.8. The van der Waals surface area contributed by atoms with Crippen LogP contribution in [0.4, 0.5) is 4.39 Å². The Morgan fingerprint density at radius 1 is 1.35 bits per heavy atom. The van der Waals surface area contributed by atoms with Crippen LogP contribution >= 0.6 is 0 Å². The Bertz CT molecular complexity index is 702. The lowest BCUT2D eigenvalue weighted by Gasteiger charge is -2.40. The van der Waals surface area contributed by atoms with Gasteiger partial charge in [-0.2, -0.15) is 0 Å². The maximum Gasteiger partial charge on any atom is 0.163 e. The van der Waals surface area contributed by atoms with Crippen LogP contribution in [0, 0.1) is 5.82 Å². The number of aromatic nitrogens is 3. The molecule has 1 aliphatic carbocycles. The Hall–Kier alpha value is -1.79. The van der Waals surface area contributed by atoms with Crippen LogP contribution in [0.15, 0.2) is 24.5 Å². The van der Waals surface area contributed by atoms with Gasteiger partial charge in [0.1, 0.15) is 18.2 Å². The van der Waals surface area contributed by atoms with Gasteiger partial charge in [0.05, 0.1) is 6.61 Å². The topological polar surface area (TPSA) is 43.2 Å². The number of halogens is 1. The molecule has 23 heavy (non-hydrogen) atoms. The largest absolute Gasteiger partial charge is 0.368 e. The van der Waals surface area contributed by atoms with E-state index >= 15 is 0 Å². The molecule has 1 saturated heterocycles. The van der Waals surface area contributed by atoms with Crippen LogP contribution in [-0.4, -0.2) is 39.4 Å². The van der Waals surface area contributed by atoms with Crippen molar-refractivity contribution in [2.75, 3.05) is 19.7 Å². The van der Waals surface area contributed by atoms with Crippen LogP contribution in [0.3, 0.4) is 0 Å². The highest BCUT2D eigenvalue weighted by atomic mass is 19.1. The lowest BCUT2D eigenvalue weighted by Crippen LogP contribution is -2.42. The Morgan fingerprint density at radius 3 is 3.09 bits per heavy atom. The van der Waals surface area contributed by atoms with E-state index in [0.29, 0.717) is 6.61 Å². The fraction of sp³-hybridized carbons (Fsp3) is 0.529. The highest BCUT2D eigenvalue weighted by Gasteiger charge is 2.32. The molecule has 1 aliphatic heterocycles. The number of hydrogen-bond acceptors (Lipinski definition) is 4. The van der Waals surface area contributed by atoms with Gasteiger partial charge in [-0.05, 0) is 42.5 Å². The van der Waals surface area contributed by atoms with Crippen molar-refractivity contribution in [3.63, 3.8) is 0 Å². The Kier molecular flexibility index (Phi) is 3.87. The standard InChI is InChI=1S/C17H21FN4O/c1-21-11-19-20-17(21)16-10-22(7-8-23-16)15-4-2-3-12-5-6-13(18)9-14(12)15/h5-6,9,11,15-16H,2-4,7-8,10H2,1H3/t15-,16-/m1/s1. The van der Waals surface area contributed by atoms with Gasteiger partial charge in [-0.15, -0.1) is 10.2 Å². The zero-order valence-electron chi connectivity index (χ0n) is 13.3. The summed E-state index contributed by atoms with van der Waals surface area (Å²) in [4.78, 5) is 2.42. The number of nitrogens with zero attached hydrogens (tertiary/aromatic N) is 4. The van der Waals surface area contributed by atoms with Crippen LogP contribution in [0.5, 0.6) is 0 Å². The van der Waals surface area contributed by atoms with Crippen LogP contribution in [0.25, 0.3) is 0 Å². The molecule has 2 aliphatic rings. The van der Waals surface area contributed by atoms with Crippen molar-refractivity contribution in [3.05, 3.63) is 47.3 Å². The Balaban J connectivity index is 1.59. The summed E-state index contributed by atoms with van der Waals surface area (Å²) in [5.74, 6) is 0.707. The summed E-state index contributed by atoms with van der Waals surface area (Å²) in [5.41, 5.74) is 2.43. The molecule has 2 aromatic rings. The van der Waals surface area contributed by atoms with Crippen molar-refractivity contribution in [2.24, 2.45) is 7.05 Å². The van der Waals surface area contributed by atoms with E-state index in [1.165, 1.54) is 5.56 Å². The number of hydrogen-bond donors (Lipinski definition) is 0. The summed E-state index contributed by atoms with van der Waals surface area (Å²) < 4.78 is 21.5. The fourth-order valence-electron chi connectivity index (χ4n) is 3.82. The minimum Gasteiger partial charge on any atom is -0.368 e. The highest BCUT2D eigenvalue weighted by Crippen LogP contribution is 2.37. The zero-order chi connectivity index (χ0) is 15.8. The molecule has 0 radical (unpaired) electrons. The van der Waals surface area contributed by atoms with Gasteiger partial charge in [-0.25, -0.2) is 4.39 Å². The fourth-order valence-corrected chi connectivity index (χ4v) is 3.82. The van der Waals surface area contributed by atoms with E-state index < -0.39 is 0 Å². The summed E-state index contributed by atoms with van der Waals surface area (Å²) in [5, 5.41) is 8.13. The van der Waals surface area contributed by atoms with Gasteiger partial charge >= 0.3 is 0 Å². The van der Waals surface area contributed by atoms with E-state index in [1.54, 1.807) is 18.5 Å². The van der Waals surface area contributed by atoms with Crippen molar-refractivity contribution in [2.45, 2.75) is 31.4 Å². The highest BCUT2D eigenvalue weighted by molar-refractivity contribution is 5.33. The second-order valence-electron chi connectivity index (χ2n) is 6.41. The van der Waals surface area contributed by atoms with E-state index in [9.17, 15) is 4.39 Å². The molecule has 0 unspecified atom stereocenters. The third-order valence-corrected chi connectivity index (χ3v) is 4.96. The van der Waals surface area contributed by atoms with E-state index in [0.717, 1.165) is 43.7 Å². The van der Waals surface area contributed by atoms with E-state index in [-0.39, 0.29) is 18.0 Å². The van der Waals surface area contributed by atoms with Crippen molar-refractivity contribution >= 4 is 0 Å². The zero-order valence-corrected chi connectivity index (χ0v) is 13.3. The quantitative estimate of drug-likeness (QED) is 0.853. The molecule has 0 spiro atoms. The third-order valence-electron chi connectivity index (χ3n) is 4.96. The molecule has 2 atom stereocenters. The molecule has 5 nitrogen and oxygen atoms in total. The predicted molar refractivity (Wildman–Crippen MR) is 83.3 cm³/mol. The second kappa shape index (κ2) is 6.02. The summed E-state index contributed by atoms with van der Waals surface area (Å²) in [6.45, 7) is 2.31. The molecule has 122 valence electrons. The molecule has 4 rings (SSSR count). The summed E-state index contributed by atoms with van der Waals surface area (Å²) in [6.07, 6.45) is 4.89. The molecule has 0 N–H and O–H groups in total. The van der Waals surface area contributed by atoms with Crippen molar-refractivity contribution in [1.29, 1.82) is 0 Å². The number of fused-ring (bicyclic) bond motifs is 1. The molecule has 0 bridgehead atoms. The third kappa shape index (κ3) is 2.77. The first-order chi connectivity index (χ1) is 11.2. The van der Waals surface area contributed by atoms with Crippen molar-refractivity contribution < 1.29 is 9.13 Å². The van der Waals surface area contributed by atoms with Crippen molar-refractivity contribution in [1.82, 2.24) is 19.7 Å². The molecule has 2 heterocycles. The normalized spacial score (nSPS) is 25.3. The van der Waals surface area contributed by atoms with Gasteiger partial charge in [-0.3, -0.25) is 4.90 Å². The second-order valence-corrected chi connectivity index (χ2v) is 6.41. The van der Waals surface area contributed by atoms with E-state index in [2.05, 4.69) is 15.1 Å². The van der Waals surface area contributed by atoms with Gasteiger partial charge in [0, 0.05) is 26.2 Å². The first-order valence-corrected chi connectivity index (χ1v) is 8.20. The SMILES string of the molecule is Cn1cnnc1[C@H]1CN([C@@H]2CCCc3ccc(F)cc32)CCO1. The monoisotopic (exact) mass is 316 g/mol. The van der Waals surface area contributed by atoms with Crippen LogP contribution in [0.1, 0.15) is 41.9 Å². The minimum absolute atomic E-state index is 0.0739. The minimum atomic E-state index is -0.145. The van der Waals surface area contributed by atoms with Gasteiger partial charge < -0.3 is 9.30 Å². The smallest absolute Gasteiger partial charge is 0.163 e. The number of morpholine rings is 1. The molecular weight excluding hydrogens is 295 g/mol. The summed E-state index contributed by atoms with van der Waals surface area (Å²) >= 11 is 0. The molecule has 6 heteroatoms. The number of benzene rings is 1. The molecular formula is C17H21FN4O. The average Bonchev–Trinajstić information content (AvgIpc) is 3.00. The lowest BCUT2D eigenvalue weighted by atomic mass is 9.86. The maximum atomic E-state index is 13.7. The van der Waals surface area contributed by atoms with Gasteiger partial charge in [0.15, 0.2) is 5.82 Å². The van der Waals surface area contributed by atoms with Crippen LogP contribution in [-0.2, 0) is 18.2 Å². The number of ether oxygens (including phenoxy) is 1. The molecule has 1 aromatic heterocycles. The summed E-state index contributed by atoms with van der Waals surface area (Å²) in [7, 11) is 1.93. The van der Waals surface area contributed by atoms with Gasteiger partial charge in [-0.1, -0.05) is 6.07 Å². The van der Waals surface area contributed by atoms with Gasteiger partial charge in [0.2, 0.25) is 0 Å². The first-order valence-electron chi connectivity index (χ1n) is 8.20. The summed E-state index contributed by atoms with van der Waals surface area (Å²) in [6, 6.07) is 5.50. The number of rotatable bonds is 2. The Labute approximate surface area is 135 Å². The average molecular weight is 316 g/mol.